The first-order chi connectivity index (χ1) is 14.1. The van der Waals surface area contributed by atoms with Crippen LogP contribution in [-0.4, -0.2) is 0 Å². The maximum Gasteiger partial charge on any atom is 0.0314 e. The third kappa shape index (κ3) is 11.0. The van der Waals surface area contributed by atoms with Gasteiger partial charge < -0.3 is 11.5 Å². The molecule has 0 saturated heterocycles. The summed E-state index contributed by atoms with van der Waals surface area (Å²) in [6.07, 6.45) is 3.10. The molecule has 0 aliphatic rings. The lowest BCUT2D eigenvalue weighted by molar-refractivity contribution is 1.09. The summed E-state index contributed by atoms with van der Waals surface area (Å²) in [4.78, 5) is 0. The zero-order valence-corrected chi connectivity index (χ0v) is 19.2. The second kappa shape index (κ2) is 16.2. The van der Waals surface area contributed by atoms with Gasteiger partial charge in [-0.1, -0.05) is 96.5 Å². The molecule has 3 rings (SSSR count). The van der Waals surface area contributed by atoms with Crippen LogP contribution in [0.2, 0.25) is 0 Å². The van der Waals surface area contributed by atoms with E-state index in [0.717, 1.165) is 24.2 Å². The number of benzene rings is 3. The normalized spacial score (nSPS) is 9.03. The predicted octanol–water partition coefficient (Wildman–Crippen LogP) is 7.50. The molecule has 158 valence electrons. The maximum absolute atomic E-state index is 5.73. The summed E-state index contributed by atoms with van der Waals surface area (Å²) in [5.74, 6) is 0. The van der Waals surface area contributed by atoms with Gasteiger partial charge in [0, 0.05) is 11.4 Å². The van der Waals surface area contributed by atoms with Crippen LogP contribution in [0.5, 0.6) is 0 Å². The van der Waals surface area contributed by atoms with Crippen LogP contribution in [-0.2, 0) is 12.8 Å². The van der Waals surface area contributed by atoms with Crippen molar-refractivity contribution in [1.82, 2.24) is 0 Å². The highest BCUT2D eigenvalue weighted by Crippen LogP contribution is 2.16. The van der Waals surface area contributed by atoms with Crippen molar-refractivity contribution < 1.29 is 0 Å². The fourth-order valence-corrected chi connectivity index (χ4v) is 2.59. The average molecular weight is 393 g/mol. The molecule has 4 N–H and O–H groups in total. The van der Waals surface area contributed by atoms with Crippen molar-refractivity contribution in [3.63, 3.8) is 0 Å². The molecular weight excluding hydrogens is 352 g/mol. The van der Waals surface area contributed by atoms with E-state index < -0.39 is 0 Å². The third-order valence-corrected chi connectivity index (χ3v) is 3.77. The van der Waals surface area contributed by atoms with E-state index in [1.807, 2.05) is 52.0 Å². The van der Waals surface area contributed by atoms with Gasteiger partial charge in [-0.3, -0.25) is 0 Å². The smallest absolute Gasteiger partial charge is 0.0314 e. The van der Waals surface area contributed by atoms with Crippen molar-refractivity contribution in [3.05, 3.63) is 95.1 Å². The van der Waals surface area contributed by atoms with Gasteiger partial charge in [-0.2, -0.15) is 0 Å². The summed E-state index contributed by atoms with van der Waals surface area (Å²) >= 11 is 0. The summed E-state index contributed by atoms with van der Waals surface area (Å²) in [7, 11) is 0. The van der Waals surface area contributed by atoms with Crippen molar-refractivity contribution in [3.8, 4) is 0 Å². The first kappa shape index (κ1) is 26.3. The molecule has 0 radical (unpaired) electrons. The second-order valence-electron chi connectivity index (χ2n) is 6.36. The molecule has 0 saturated carbocycles. The lowest BCUT2D eigenvalue weighted by atomic mass is 9.99. The number of nitrogens with two attached hydrogens (primary N) is 2. The topological polar surface area (TPSA) is 52.0 Å². The van der Waals surface area contributed by atoms with Crippen LogP contribution in [0.3, 0.4) is 0 Å². The van der Waals surface area contributed by atoms with Gasteiger partial charge in [0.1, 0.15) is 0 Å². The first-order valence-corrected chi connectivity index (χ1v) is 10.9. The Morgan fingerprint density at radius 2 is 0.828 bits per heavy atom. The molecular formula is C27H40N2. The highest BCUT2D eigenvalue weighted by molar-refractivity contribution is 5.42. The Kier molecular flexibility index (Phi) is 14.7. The van der Waals surface area contributed by atoms with E-state index in [4.69, 9.17) is 11.5 Å². The maximum atomic E-state index is 5.73. The number of hydrogen-bond donors (Lipinski definition) is 2. The van der Waals surface area contributed by atoms with Gasteiger partial charge in [0.25, 0.3) is 0 Å². The average Bonchev–Trinajstić information content (AvgIpc) is 2.75. The molecule has 0 fully saturated rings. The standard InChI is InChI=1S/C20H20N2.C3H8.2C2H6/c21-19-8-4-15(5-9-19)12-17-2-1-3-18(14-17)13-16-6-10-20(22)11-7-16;1-3-2;2*1-2/h1-11,14H,12-13,21-22H2;3H2,1-2H3;2*1-2H3. The zero-order valence-electron chi connectivity index (χ0n) is 19.2. The van der Waals surface area contributed by atoms with Gasteiger partial charge in [0.05, 0.1) is 0 Å². The Hall–Kier alpha value is -2.74. The van der Waals surface area contributed by atoms with Crippen LogP contribution in [0.25, 0.3) is 0 Å². The second-order valence-corrected chi connectivity index (χ2v) is 6.36. The number of anilines is 2. The van der Waals surface area contributed by atoms with Gasteiger partial charge in [-0.25, -0.2) is 0 Å². The molecule has 0 amide bonds. The quantitative estimate of drug-likeness (QED) is 0.451. The highest BCUT2D eigenvalue weighted by Gasteiger charge is 2.00. The lowest BCUT2D eigenvalue weighted by Gasteiger charge is -2.07. The van der Waals surface area contributed by atoms with Crippen molar-refractivity contribution >= 4 is 11.4 Å². The summed E-state index contributed by atoms with van der Waals surface area (Å²) in [6, 6.07) is 24.9. The van der Waals surface area contributed by atoms with Crippen LogP contribution in [0.1, 0.15) is 70.2 Å². The lowest BCUT2D eigenvalue weighted by Crippen LogP contribution is -1.93. The Bertz CT molecular complexity index is 697. The number of nitrogen functional groups attached to an aromatic ring is 2. The molecule has 3 aromatic carbocycles. The van der Waals surface area contributed by atoms with Crippen LogP contribution in [0.4, 0.5) is 11.4 Å². The van der Waals surface area contributed by atoms with Gasteiger partial charge in [0.2, 0.25) is 0 Å². The van der Waals surface area contributed by atoms with Gasteiger partial charge in [-0.15, -0.1) is 0 Å². The molecule has 2 heteroatoms. The molecule has 0 unspecified atom stereocenters. The Labute approximate surface area is 179 Å². The van der Waals surface area contributed by atoms with Gasteiger partial charge in [-0.05, 0) is 59.4 Å². The van der Waals surface area contributed by atoms with E-state index in [-0.39, 0.29) is 0 Å². The zero-order chi connectivity index (χ0) is 22.1. The monoisotopic (exact) mass is 392 g/mol. The Morgan fingerprint density at radius 1 is 0.517 bits per heavy atom. The van der Waals surface area contributed by atoms with E-state index in [1.165, 1.54) is 28.7 Å². The number of rotatable bonds is 4. The fraction of sp³-hybridized carbons (Fsp3) is 0.333. The van der Waals surface area contributed by atoms with Crippen LogP contribution < -0.4 is 11.5 Å². The van der Waals surface area contributed by atoms with E-state index in [0.29, 0.717) is 0 Å². The van der Waals surface area contributed by atoms with Crippen molar-refractivity contribution in [2.75, 3.05) is 11.5 Å². The van der Waals surface area contributed by atoms with Crippen LogP contribution >= 0.6 is 0 Å². The molecule has 3 aromatic rings. The van der Waals surface area contributed by atoms with E-state index in [1.54, 1.807) is 0 Å². The molecule has 0 spiro atoms. The first-order valence-electron chi connectivity index (χ1n) is 10.9. The fourth-order valence-electron chi connectivity index (χ4n) is 2.59. The predicted molar refractivity (Wildman–Crippen MR) is 132 cm³/mol. The van der Waals surface area contributed by atoms with Crippen LogP contribution in [0.15, 0.2) is 72.8 Å². The molecule has 0 aliphatic heterocycles. The molecule has 0 heterocycles. The molecule has 0 aliphatic carbocycles. The largest absolute Gasteiger partial charge is 0.399 e. The van der Waals surface area contributed by atoms with Gasteiger partial charge in [0.15, 0.2) is 0 Å². The molecule has 0 atom stereocenters. The minimum Gasteiger partial charge on any atom is -0.399 e. The molecule has 0 bridgehead atoms. The van der Waals surface area contributed by atoms with Gasteiger partial charge >= 0.3 is 0 Å². The SMILES string of the molecule is CC.CC.CCC.Nc1ccc(Cc2cccc(Cc3ccc(N)cc3)c2)cc1. The van der Waals surface area contributed by atoms with E-state index in [9.17, 15) is 0 Å². The molecule has 0 aromatic heterocycles. The summed E-state index contributed by atoms with van der Waals surface area (Å²) < 4.78 is 0. The van der Waals surface area contributed by atoms with E-state index >= 15 is 0 Å². The summed E-state index contributed by atoms with van der Waals surface area (Å²) in [5.41, 5.74) is 18.3. The Balaban J connectivity index is 0.00000100. The third-order valence-electron chi connectivity index (χ3n) is 3.77. The van der Waals surface area contributed by atoms with Crippen molar-refractivity contribution in [2.45, 2.75) is 60.8 Å². The minimum absolute atomic E-state index is 0.806. The minimum atomic E-state index is 0.806. The Morgan fingerprint density at radius 3 is 1.14 bits per heavy atom. The molecule has 2 nitrogen and oxygen atoms in total. The van der Waals surface area contributed by atoms with Crippen LogP contribution in [0, 0.1) is 0 Å². The van der Waals surface area contributed by atoms with Crippen molar-refractivity contribution in [2.24, 2.45) is 0 Å². The summed E-state index contributed by atoms with van der Waals surface area (Å²) in [5, 5.41) is 0. The summed E-state index contributed by atoms with van der Waals surface area (Å²) in [6.45, 7) is 12.2. The van der Waals surface area contributed by atoms with E-state index in [2.05, 4.69) is 62.4 Å². The number of hydrogen-bond acceptors (Lipinski definition) is 2. The molecule has 29 heavy (non-hydrogen) atoms. The highest BCUT2D eigenvalue weighted by atomic mass is 14.5. The van der Waals surface area contributed by atoms with Crippen molar-refractivity contribution in [1.29, 1.82) is 0 Å².